The standard InChI is InChI=1S/C19H26N4O4S/c1-22(2)9-5-10-23(13-17(24)21-19-20-8-11-28-19)18(25)14-6-7-15(26-3)16(12-14)27-4/h6-8,11-12H,5,9-10,13H2,1-4H3,(H,20,21,24). The number of thiazole rings is 1. The van der Waals surface area contributed by atoms with Gasteiger partial charge in [-0.25, -0.2) is 4.98 Å². The molecule has 0 unspecified atom stereocenters. The molecule has 2 rings (SSSR count). The molecule has 0 saturated carbocycles. The minimum atomic E-state index is -0.284. The normalized spacial score (nSPS) is 10.6. The van der Waals surface area contributed by atoms with E-state index >= 15 is 0 Å². The van der Waals surface area contributed by atoms with E-state index in [4.69, 9.17) is 9.47 Å². The van der Waals surface area contributed by atoms with Crippen LogP contribution in [0.25, 0.3) is 0 Å². The number of nitrogens with zero attached hydrogens (tertiary/aromatic N) is 3. The van der Waals surface area contributed by atoms with Crippen LogP contribution in [0.5, 0.6) is 11.5 Å². The number of hydrogen-bond acceptors (Lipinski definition) is 7. The Morgan fingerprint density at radius 2 is 1.89 bits per heavy atom. The maximum Gasteiger partial charge on any atom is 0.254 e. The van der Waals surface area contributed by atoms with Gasteiger partial charge in [0.15, 0.2) is 16.6 Å². The lowest BCUT2D eigenvalue weighted by molar-refractivity contribution is -0.116. The van der Waals surface area contributed by atoms with Crippen LogP contribution in [0.2, 0.25) is 0 Å². The van der Waals surface area contributed by atoms with Gasteiger partial charge in [0.05, 0.1) is 14.2 Å². The van der Waals surface area contributed by atoms with Crippen molar-refractivity contribution in [1.82, 2.24) is 14.8 Å². The van der Waals surface area contributed by atoms with E-state index in [0.717, 1.165) is 13.0 Å². The fourth-order valence-electron chi connectivity index (χ4n) is 2.60. The van der Waals surface area contributed by atoms with E-state index in [1.54, 1.807) is 29.8 Å². The highest BCUT2D eigenvalue weighted by molar-refractivity contribution is 7.13. The first kappa shape index (κ1) is 21.6. The third kappa shape index (κ3) is 6.21. The van der Waals surface area contributed by atoms with Gasteiger partial charge in [0.1, 0.15) is 6.54 Å². The van der Waals surface area contributed by atoms with Crippen molar-refractivity contribution in [3.05, 3.63) is 35.3 Å². The molecule has 9 heteroatoms. The van der Waals surface area contributed by atoms with E-state index in [0.29, 0.717) is 28.7 Å². The second-order valence-corrected chi connectivity index (χ2v) is 7.23. The molecule has 1 aromatic heterocycles. The first-order valence-electron chi connectivity index (χ1n) is 8.80. The van der Waals surface area contributed by atoms with Crippen molar-refractivity contribution in [3.63, 3.8) is 0 Å². The van der Waals surface area contributed by atoms with Crippen molar-refractivity contribution in [3.8, 4) is 11.5 Å². The minimum Gasteiger partial charge on any atom is -0.493 e. The Hall–Kier alpha value is -2.65. The van der Waals surface area contributed by atoms with E-state index in [1.807, 2.05) is 19.0 Å². The average molecular weight is 407 g/mol. The third-order valence-electron chi connectivity index (χ3n) is 3.96. The molecule has 1 heterocycles. The molecule has 28 heavy (non-hydrogen) atoms. The second kappa shape index (κ2) is 10.6. The quantitative estimate of drug-likeness (QED) is 0.651. The maximum atomic E-state index is 13.0. The Kier molecular flexibility index (Phi) is 8.21. The van der Waals surface area contributed by atoms with E-state index < -0.39 is 0 Å². The summed E-state index contributed by atoms with van der Waals surface area (Å²) in [5.41, 5.74) is 0.435. The predicted molar refractivity (Wildman–Crippen MR) is 109 cm³/mol. The summed E-state index contributed by atoms with van der Waals surface area (Å²) < 4.78 is 10.5. The number of rotatable bonds is 10. The number of carbonyl (C=O) groups excluding carboxylic acids is 2. The van der Waals surface area contributed by atoms with Crippen LogP contribution in [-0.4, -0.2) is 74.5 Å². The number of nitrogens with one attached hydrogen (secondary N) is 1. The highest BCUT2D eigenvalue weighted by atomic mass is 32.1. The van der Waals surface area contributed by atoms with Gasteiger partial charge in [-0.3, -0.25) is 9.59 Å². The second-order valence-electron chi connectivity index (χ2n) is 6.34. The Bertz CT molecular complexity index is 780. The summed E-state index contributed by atoms with van der Waals surface area (Å²) in [6, 6.07) is 4.97. The SMILES string of the molecule is COc1ccc(C(=O)N(CCCN(C)C)CC(=O)Nc2nccs2)cc1OC. The van der Waals surface area contributed by atoms with Crippen molar-refractivity contribution in [1.29, 1.82) is 0 Å². The van der Waals surface area contributed by atoms with Crippen LogP contribution in [0.1, 0.15) is 16.8 Å². The number of aromatic nitrogens is 1. The van der Waals surface area contributed by atoms with Gasteiger partial charge in [-0.15, -0.1) is 11.3 Å². The summed E-state index contributed by atoms with van der Waals surface area (Å²) >= 11 is 1.33. The molecule has 2 amide bonds. The Balaban J connectivity index is 2.14. The molecular formula is C19H26N4O4S. The van der Waals surface area contributed by atoms with Crippen molar-refractivity contribution < 1.29 is 19.1 Å². The van der Waals surface area contributed by atoms with Crippen molar-refractivity contribution in [2.45, 2.75) is 6.42 Å². The molecular weight excluding hydrogens is 380 g/mol. The number of benzene rings is 1. The van der Waals surface area contributed by atoms with Crippen LogP contribution >= 0.6 is 11.3 Å². The molecule has 0 fully saturated rings. The maximum absolute atomic E-state index is 13.0. The van der Waals surface area contributed by atoms with Crippen LogP contribution in [0.15, 0.2) is 29.8 Å². The molecule has 0 radical (unpaired) electrons. The molecule has 0 aliphatic carbocycles. The lowest BCUT2D eigenvalue weighted by atomic mass is 10.1. The highest BCUT2D eigenvalue weighted by Gasteiger charge is 2.20. The molecule has 0 bridgehead atoms. The van der Waals surface area contributed by atoms with Crippen LogP contribution < -0.4 is 14.8 Å². The molecule has 152 valence electrons. The summed E-state index contributed by atoms with van der Waals surface area (Å²) in [4.78, 5) is 33.0. The summed E-state index contributed by atoms with van der Waals surface area (Å²) in [6.07, 6.45) is 2.36. The zero-order valence-electron chi connectivity index (χ0n) is 16.6. The molecule has 1 N–H and O–H groups in total. The average Bonchev–Trinajstić information content (AvgIpc) is 3.18. The summed E-state index contributed by atoms with van der Waals surface area (Å²) in [5.74, 6) is 0.483. The molecule has 0 aliphatic rings. The molecule has 0 aliphatic heterocycles. The number of hydrogen-bond donors (Lipinski definition) is 1. The monoisotopic (exact) mass is 406 g/mol. The van der Waals surface area contributed by atoms with Crippen LogP contribution in [-0.2, 0) is 4.79 Å². The smallest absolute Gasteiger partial charge is 0.254 e. The van der Waals surface area contributed by atoms with Gasteiger partial charge >= 0.3 is 0 Å². The molecule has 0 saturated heterocycles. The summed E-state index contributed by atoms with van der Waals surface area (Å²) in [5, 5.41) is 5.01. The summed E-state index contributed by atoms with van der Waals surface area (Å²) in [7, 11) is 6.99. The van der Waals surface area contributed by atoms with E-state index in [2.05, 4.69) is 10.3 Å². The van der Waals surface area contributed by atoms with Gasteiger partial charge in [-0.05, 0) is 45.3 Å². The molecule has 2 aromatic rings. The third-order valence-corrected chi connectivity index (χ3v) is 4.65. The predicted octanol–water partition coefficient (Wildman–Crippen LogP) is 2.19. The van der Waals surface area contributed by atoms with Crippen LogP contribution in [0.4, 0.5) is 5.13 Å². The highest BCUT2D eigenvalue weighted by Crippen LogP contribution is 2.28. The van der Waals surface area contributed by atoms with Gasteiger partial charge in [-0.1, -0.05) is 0 Å². The Morgan fingerprint density at radius 3 is 2.50 bits per heavy atom. The fourth-order valence-corrected chi connectivity index (χ4v) is 3.14. The first-order chi connectivity index (χ1) is 13.4. The molecule has 0 spiro atoms. The fraction of sp³-hybridized carbons (Fsp3) is 0.421. The lowest BCUT2D eigenvalue weighted by Crippen LogP contribution is -2.39. The van der Waals surface area contributed by atoms with Gasteiger partial charge in [0.25, 0.3) is 5.91 Å². The van der Waals surface area contributed by atoms with Crippen molar-refractivity contribution >= 4 is 28.3 Å². The number of ether oxygens (including phenoxy) is 2. The van der Waals surface area contributed by atoms with Crippen LogP contribution in [0, 0.1) is 0 Å². The van der Waals surface area contributed by atoms with Crippen molar-refractivity contribution in [2.24, 2.45) is 0 Å². The van der Waals surface area contributed by atoms with Crippen molar-refractivity contribution in [2.75, 3.05) is 53.3 Å². The van der Waals surface area contributed by atoms with Crippen LogP contribution in [0.3, 0.4) is 0 Å². The van der Waals surface area contributed by atoms with E-state index in [-0.39, 0.29) is 18.4 Å². The minimum absolute atomic E-state index is 0.0554. The molecule has 1 aromatic carbocycles. The van der Waals surface area contributed by atoms with Gasteiger partial charge < -0.3 is 24.6 Å². The van der Waals surface area contributed by atoms with E-state index in [1.165, 1.54) is 30.5 Å². The van der Waals surface area contributed by atoms with Gasteiger partial charge in [0.2, 0.25) is 5.91 Å². The van der Waals surface area contributed by atoms with Gasteiger partial charge in [0, 0.05) is 23.7 Å². The summed E-state index contributed by atoms with van der Waals surface area (Å²) in [6.45, 7) is 1.21. The zero-order valence-corrected chi connectivity index (χ0v) is 17.4. The van der Waals surface area contributed by atoms with Gasteiger partial charge in [-0.2, -0.15) is 0 Å². The number of anilines is 1. The first-order valence-corrected chi connectivity index (χ1v) is 9.68. The largest absolute Gasteiger partial charge is 0.493 e. The molecule has 0 atom stereocenters. The zero-order chi connectivity index (χ0) is 20.5. The number of methoxy groups -OCH3 is 2. The Morgan fingerprint density at radius 1 is 1.14 bits per heavy atom. The lowest BCUT2D eigenvalue weighted by Gasteiger charge is -2.23. The number of amides is 2. The molecule has 8 nitrogen and oxygen atoms in total. The van der Waals surface area contributed by atoms with E-state index in [9.17, 15) is 9.59 Å². The topological polar surface area (TPSA) is 84.0 Å². The number of carbonyl (C=O) groups is 2. The Labute approximate surface area is 169 Å².